The quantitative estimate of drug-likeness (QED) is 0.207. The minimum Gasteiger partial charge on any atom is -0.491 e. The number of H-pyrrole nitrogens is 1. The number of nitrogens with one attached hydrogen (secondary N) is 3. The number of ether oxygens (including phenoxy) is 1. The third kappa shape index (κ3) is 5.35. The molecule has 2 aromatic carbocycles. The van der Waals surface area contributed by atoms with Crippen LogP contribution >= 0.6 is 7.14 Å². The molecule has 8 rings (SSSR count). The van der Waals surface area contributed by atoms with E-state index in [9.17, 15) is 4.57 Å². The van der Waals surface area contributed by atoms with Crippen molar-refractivity contribution in [3.8, 4) is 16.9 Å². The maximum Gasteiger partial charge on any atom is 0.231 e. The van der Waals surface area contributed by atoms with Crippen LogP contribution in [0.25, 0.3) is 33.2 Å². The van der Waals surface area contributed by atoms with Crippen LogP contribution in [0.3, 0.4) is 0 Å². The monoisotopic (exact) mass is 649 g/mol. The summed E-state index contributed by atoms with van der Waals surface area (Å²) in [5.74, 6) is 1.78. The number of hydrogen-bond acceptors (Lipinski definition) is 11. The van der Waals surface area contributed by atoms with E-state index >= 15 is 0 Å². The second-order valence-corrected chi connectivity index (χ2v) is 15.7. The summed E-state index contributed by atoms with van der Waals surface area (Å²) < 4.78 is 21.7. The minimum absolute atomic E-state index is 0.392. The predicted octanol–water partition coefficient (Wildman–Crippen LogP) is 4.72. The lowest BCUT2D eigenvalue weighted by atomic mass is 9.97. The van der Waals surface area contributed by atoms with E-state index in [1.165, 1.54) is 11.3 Å². The van der Waals surface area contributed by atoms with Gasteiger partial charge >= 0.3 is 0 Å². The molecule has 14 heteroatoms. The predicted molar refractivity (Wildman–Crippen MR) is 187 cm³/mol. The zero-order chi connectivity index (χ0) is 32.3. The van der Waals surface area contributed by atoms with Gasteiger partial charge in [-0.2, -0.15) is 15.1 Å². The number of likely N-dealkylation sites (N-methyl/N-ethyl adjacent to an activating group) is 1. The summed E-state index contributed by atoms with van der Waals surface area (Å²) in [4.78, 5) is 26.8. The fourth-order valence-electron chi connectivity index (χ4n) is 6.64. The van der Waals surface area contributed by atoms with Crippen molar-refractivity contribution in [3.63, 3.8) is 0 Å². The molecule has 13 nitrogen and oxygen atoms in total. The van der Waals surface area contributed by atoms with Gasteiger partial charge in [0.25, 0.3) is 0 Å². The van der Waals surface area contributed by atoms with E-state index in [4.69, 9.17) is 14.7 Å². The summed E-state index contributed by atoms with van der Waals surface area (Å²) in [6.07, 6.45) is 9.87. The number of hydrogen-bond donors (Lipinski definition) is 3. The Balaban J connectivity index is 1.23. The van der Waals surface area contributed by atoms with Crippen LogP contribution in [0.2, 0.25) is 0 Å². The Morgan fingerprint density at radius 2 is 1.81 bits per heavy atom. The van der Waals surface area contributed by atoms with Gasteiger partial charge in [-0.3, -0.25) is 14.6 Å². The largest absolute Gasteiger partial charge is 0.491 e. The van der Waals surface area contributed by atoms with Crippen molar-refractivity contribution < 1.29 is 9.30 Å². The lowest BCUT2D eigenvalue weighted by Crippen LogP contribution is -2.45. The standard InChI is InChI=1S/C33H36N11O2P/c1-42-12-14-44(15-13-42)28-21-8-16-46-29(21)26(17-23(28)20-18-37-43(2)19-20)39-33-40-31-22(7-9-36-31)32(41-33)38-25-6-5-24-27(35-11-10-34-24)30(25)47(3,4)45/h5-7,9-11,17-19H,8,12-16H2,1-4H3,(H3,36,38,39,40,41). The van der Waals surface area contributed by atoms with Gasteiger partial charge in [0.05, 0.1) is 46.1 Å². The Kier molecular flexibility index (Phi) is 7.11. The first-order valence-electron chi connectivity index (χ1n) is 15.7. The highest BCUT2D eigenvalue weighted by molar-refractivity contribution is 7.71. The Hall–Kier alpha value is -5.00. The number of benzene rings is 2. The number of aromatic amines is 1. The first-order chi connectivity index (χ1) is 22.7. The van der Waals surface area contributed by atoms with Gasteiger partial charge in [-0.1, -0.05) is 0 Å². The van der Waals surface area contributed by atoms with Gasteiger partial charge in [0, 0.05) is 81.1 Å². The fraction of sp³-hybridized carbons (Fsp3) is 0.303. The molecule has 0 bridgehead atoms. The van der Waals surface area contributed by atoms with Crippen LogP contribution in [0, 0.1) is 0 Å². The minimum atomic E-state index is -2.77. The molecular formula is C33H36N11O2P. The molecule has 1 fully saturated rings. The molecule has 4 aromatic heterocycles. The van der Waals surface area contributed by atoms with Crippen molar-refractivity contribution in [1.82, 2.24) is 39.6 Å². The number of aromatic nitrogens is 7. The molecule has 3 N–H and O–H groups in total. The van der Waals surface area contributed by atoms with Gasteiger partial charge < -0.3 is 34.7 Å². The molecule has 240 valence electrons. The lowest BCUT2D eigenvalue weighted by Gasteiger charge is -2.36. The summed E-state index contributed by atoms with van der Waals surface area (Å²) in [5, 5.41) is 12.9. The molecular weight excluding hydrogens is 613 g/mol. The summed E-state index contributed by atoms with van der Waals surface area (Å²) in [7, 11) is 1.33. The van der Waals surface area contributed by atoms with Crippen molar-refractivity contribution in [1.29, 1.82) is 0 Å². The molecule has 0 radical (unpaired) electrons. The van der Waals surface area contributed by atoms with E-state index in [-0.39, 0.29) is 0 Å². The molecule has 0 amide bonds. The maximum absolute atomic E-state index is 13.6. The summed E-state index contributed by atoms with van der Waals surface area (Å²) in [5.41, 5.74) is 7.94. The van der Waals surface area contributed by atoms with Gasteiger partial charge in [0.2, 0.25) is 5.95 Å². The SMILES string of the molecule is CN1CCN(c2c(-c3cnn(C)c3)cc(Nc3nc(Nc4ccc5nccnc5c4P(C)(C)=O)c4cc[nH]c4n3)c3c2CCO3)CC1. The molecule has 6 aromatic rings. The van der Waals surface area contributed by atoms with Crippen molar-refractivity contribution in [2.75, 3.05) is 68.7 Å². The van der Waals surface area contributed by atoms with E-state index < -0.39 is 7.14 Å². The molecule has 0 unspecified atom stereocenters. The molecule has 47 heavy (non-hydrogen) atoms. The normalized spacial score (nSPS) is 15.3. The fourth-order valence-corrected chi connectivity index (χ4v) is 8.03. The number of rotatable bonds is 7. The number of anilines is 5. The van der Waals surface area contributed by atoms with Gasteiger partial charge in [0.1, 0.15) is 29.9 Å². The van der Waals surface area contributed by atoms with Crippen LogP contribution in [0.1, 0.15) is 5.56 Å². The van der Waals surface area contributed by atoms with Gasteiger partial charge in [0.15, 0.2) is 0 Å². The summed E-state index contributed by atoms with van der Waals surface area (Å²) in [6, 6.07) is 7.82. The molecule has 2 aliphatic heterocycles. The molecule has 0 atom stereocenters. The Labute approximate surface area is 271 Å². The van der Waals surface area contributed by atoms with Gasteiger partial charge in [-0.25, -0.2) is 0 Å². The highest BCUT2D eigenvalue weighted by Gasteiger charge is 2.30. The van der Waals surface area contributed by atoms with E-state index in [2.05, 4.69) is 59.8 Å². The second kappa shape index (κ2) is 11.4. The average molecular weight is 650 g/mol. The zero-order valence-corrected chi connectivity index (χ0v) is 27.7. The first kappa shape index (κ1) is 29.4. The van der Waals surface area contributed by atoms with Crippen molar-refractivity contribution in [2.45, 2.75) is 6.42 Å². The smallest absolute Gasteiger partial charge is 0.231 e. The Bertz CT molecular complexity index is 2200. The van der Waals surface area contributed by atoms with Gasteiger partial charge in [-0.15, -0.1) is 0 Å². The van der Waals surface area contributed by atoms with Crippen LogP contribution in [0.4, 0.5) is 28.8 Å². The summed E-state index contributed by atoms with van der Waals surface area (Å²) in [6.45, 7) is 7.97. The van der Waals surface area contributed by atoms with Crippen LogP contribution in [0.5, 0.6) is 5.75 Å². The third-order valence-electron chi connectivity index (χ3n) is 8.85. The van der Waals surface area contributed by atoms with E-state index in [0.29, 0.717) is 46.0 Å². The van der Waals surface area contributed by atoms with E-state index in [0.717, 1.165) is 60.5 Å². The molecule has 6 heterocycles. The highest BCUT2D eigenvalue weighted by Crippen LogP contribution is 2.48. The first-order valence-corrected chi connectivity index (χ1v) is 18.3. The second-order valence-electron chi connectivity index (χ2n) is 12.5. The molecule has 1 saturated heterocycles. The summed E-state index contributed by atoms with van der Waals surface area (Å²) >= 11 is 0. The average Bonchev–Trinajstić information content (AvgIpc) is 3.82. The van der Waals surface area contributed by atoms with Crippen LogP contribution in [0.15, 0.2) is 55.2 Å². The molecule has 0 aliphatic carbocycles. The van der Waals surface area contributed by atoms with E-state index in [1.54, 1.807) is 25.7 Å². The van der Waals surface area contributed by atoms with Crippen molar-refractivity contribution >= 4 is 63.3 Å². The van der Waals surface area contributed by atoms with Crippen LogP contribution < -0.4 is 25.6 Å². The number of fused-ring (bicyclic) bond motifs is 3. The lowest BCUT2D eigenvalue weighted by molar-refractivity contribution is 0.313. The highest BCUT2D eigenvalue weighted by atomic mass is 31.2. The zero-order valence-electron chi connectivity index (χ0n) is 26.8. The van der Waals surface area contributed by atoms with Crippen molar-refractivity contribution in [3.05, 3.63) is 60.8 Å². The third-order valence-corrected chi connectivity index (χ3v) is 10.4. The molecule has 2 aliphatic rings. The molecule has 0 saturated carbocycles. The number of piperazine rings is 1. The van der Waals surface area contributed by atoms with Gasteiger partial charge in [-0.05, 0) is 44.6 Å². The topological polar surface area (TPSA) is 142 Å². The number of nitrogens with zero attached hydrogens (tertiary/aromatic N) is 8. The van der Waals surface area contributed by atoms with Crippen molar-refractivity contribution in [2.24, 2.45) is 7.05 Å². The van der Waals surface area contributed by atoms with Crippen LogP contribution in [-0.4, -0.2) is 92.8 Å². The Morgan fingerprint density at radius 3 is 2.60 bits per heavy atom. The maximum atomic E-state index is 13.6. The number of aryl methyl sites for hydroxylation is 1. The van der Waals surface area contributed by atoms with Crippen LogP contribution in [-0.2, 0) is 18.0 Å². The Morgan fingerprint density at radius 1 is 0.979 bits per heavy atom. The van der Waals surface area contributed by atoms with E-state index in [1.807, 2.05) is 42.3 Å². The molecule has 0 spiro atoms.